The fraction of sp³-hybridized carbons (Fsp3) is 0.500. The second kappa shape index (κ2) is 5.71. The molecule has 1 saturated heterocycles. The van der Waals surface area contributed by atoms with Gasteiger partial charge >= 0.3 is 0 Å². The summed E-state index contributed by atoms with van der Waals surface area (Å²) in [6.45, 7) is 3.51. The molecular formula is C14H19NO2. The van der Waals surface area contributed by atoms with Crippen LogP contribution in [0.15, 0.2) is 30.3 Å². The Hall–Kier alpha value is -1.51. The van der Waals surface area contributed by atoms with Gasteiger partial charge in [-0.2, -0.15) is 0 Å². The van der Waals surface area contributed by atoms with Gasteiger partial charge in [-0.3, -0.25) is 4.79 Å². The van der Waals surface area contributed by atoms with Gasteiger partial charge in [0.05, 0.1) is 6.54 Å². The minimum atomic E-state index is 0.140. The predicted molar refractivity (Wildman–Crippen MR) is 67.0 cm³/mol. The maximum Gasteiger partial charge on any atom is 0.222 e. The minimum absolute atomic E-state index is 0.140. The third-order valence-corrected chi connectivity index (χ3v) is 3.08. The normalized spacial score (nSPS) is 20.1. The van der Waals surface area contributed by atoms with Crippen LogP contribution >= 0.6 is 0 Å². The molecule has 1 fully saturated rings. The standard InChI is InChI=1S/C14H19NO2/c1-2-14(16)15-10-6-9-13(11-15)17-12-7-4-3-5-8-12/h3-5,7-8,13H,2,6,9-11H2,1H3. The highest BCUT2D eigenvalue weighted by Gasteiger charge is 2.23. The van der Waals surface area contributed by atoms with Crippen molar-refractivity contribution in [3.63, 3.8) is 0 Å². The Labute approximate surface area is 102 Å². The number of hydrogen-bond acceptors (Lipinski definition) is 2. The zero-order chi connectivity index (χ0) is 12.1. The molecule has 17 heavy (non-hydrogen) atoms. The molecule has 1 amide bonds. The molecule has 1 aliphatic heterocycles. The molecule has 1 aromatic rings. The number of hydrogen-bond donors (Lipinski definition) is 0. The first-order valence-corrected chi connectivity index (χ1v) is 6.29. The maximum atomic E-state index is 11.6. The summed E-state index contributed by atoms with van der Waals surface area (Å²) in [6.07, 6.45) is 2.78. The van der Waals surface area contributed by atoms with E-state index in [1.165, 1.54) is 0 Å². The smallest absolute Gasteiger partial charge is 0.222 e. The molecule has 0 aliphatic carbocycles. The van der Waals surface area contributed by atoms with E-state index in [9.17, 15) is 4.79 Å². The number of benzene rings is 1. The lowest BCUT2D eigenvalue weighted by Crippen LogP contribution is -2.44. The number of rotatable bonds is 3. The molecule has 92 valence electrons. The van der Waals surface area contributed by atoms with Crippen LogP contribution in [0.5, 0.6) is 5.75 Å². The highest BCUT2D eigenvalue weighted by molar-refractivity contribution is 5.75. The van der Waals surface area contributed by atoms with Crippen LogP contribution in [-0.4, -0.2) is 30.0 Å². The van der Waals surface area contributed by atoms with Gasteiger partial charge in [0.15, 0.2) is 0 Å². The summed E-state index contributed by atoms with van der Waals surface area (Å²) in [7, 11) is 0. The Kier molecular flexibility index (Phi) is 4.02. The van der Waals surface area contributed by atoms with Crippen LogP contribution in [0.1, 0.15) is 26.2 Å². The number of piperidine rings is 1. The van der Waals surface area contributed by atoms with E-state index in [4.69, 9.17) is 4.74 Å². The summed E-state index contributed by atoms with van der Waals surface area (Å²) < 4.78 is 5.89. The van der Waals surface area contributed by atoms with Crippen molar-refractivity contribution < 1.29 is 9.53 Å². The Morgan fingerprint density at radius 1 is 1.41 bits per heavy atom. The summed E-state index contributed by atoms with van der Waals surface area (Å²) in [6, 6.07) is 9.82. The van der Waals surface area contributed by atoms with Gasteiger partial charge in [-0.15, -0.1) is 0 Å². The lowest BCUT2D eigenvalue weighted by molar-refractivity contribution is -0.133. The highest BCUT2D eigenvalue weighted by atomic mass is 16.5. The number of likely N-dealkylation sites (tertiary alicyclic amines) is 1. The van der Waals surface area contributed by atoms with E-state index < -0.39 is 0 Å². The molecule has 1 atom stereocenters. The van der Waals surface area contributed by atoms with Crippen LogP contribution in [0.4, 0.5) is 0 Å². The lowest BCUT2D eigenvalue weighted by Gasteiger charge is -2.32. The van der Waals surface area contributed by atoms with Crippen LogP contribution in [0, 0.1) is 0 Å². The van der Waals surface area contributed by atoms with E-state index in [0.29, 0.717) is 6.42 Å². The monoisotopic (exact) mass is 233 g/mol. The SMILES string of the molecule is CCC(=O)N1CCCC(Oc2ccccc2)C1. The summed E-state index contributed by atoms with van der Waals surface area (Å²) in [5, 5.41) is 0. The van der Waals surface area contributed by atoms with E-state index >= 15 is 0 Å². The number of amides is 1. The lowest BCUT2D eigenvalue weighted by atomic mass is 10.1. The molecule has 0 N–H and O–H groups in total. The molecule has 0 aromatic heterocycles. The van der Waals surface area contributed by atoms with Gasteiger partial charge in [0.2, 0.25) is 5.91 Å². The van der Waals surface area contributed by atoms with E-state index in [2.05, 4.69) is 0 Å². The quantitative estimate of drug-likeness (QED) is 0.802. The third kappa shape index (κ3) is 3.22. The number of para-hydroxylation sites is 1. The fourth-order valence-electron chi connectivity index (χ4n) is 2.18. The van der Waals surface area contributed by atoms with Crippen LogP contribution in [0.25, 0.3) is 0 Å². The summed E-state index contributed by atoms with van der Waals surface area (Å²) in [5.41, 5.74) is 0. The van der Waals surface area contributed by atoms with Crippen molar-refractivity contribution in [3.8, 4) is 5.75 Å². The Balaban J connectivity index is 1.92. The first-order valence-electron chi connectivity index (χ1n) is 6.29. The van der Waals surface area contributed by atoms with Gasteiger partial charge in [-0.05, 0) is 25.0 Å². The maximum absolute atomic E-state index is 11.6. The van der Waals surface area contributed by atoms with Crippen LogP contribution in [0.2, 0.25) is 0 Å². The highest BCUT2D eigenvalue weighted by Crippen LogP contribution is 2.18. The Morgan fingerprint density at radius 3 is 2.88 bits per heavy atom. The van der Waals surface area contributed by atoms with Crippen LogP contribution in [-0.2, 0) is 4.79 Å². The number of carbonyl (C=O) groups excluding carboxylic acids is 1. The second-order valence-electron chi connectivity index (χ2n) is 4.39. The summed E-state index contributed by atoms with van der Waals surface area (Å²) >= 11 is 0. The van der Waals surface area contributed by atoms with Crippen molar-refractivity contribution in [3.05, 3.63) is 30.3 Å². The molecule has 1 unspecified atom stereocenters. The van der Waals surface area contributed by atoms with Crippen molar-refractivity contribution in [1.82, 2.24) is 4.90 Å². The largest absolute Gasteiger partial charge is 0.489 e. The van der Waals surface area contributed by atoms with Crippen molar-refractivity contribution in [2.45, 2.75) is 32.3 Å². The molecule has 3 heteroatoms. The molecule has 3 nitrogen and oxygen atoms in total. The molecule has 0 saturated carbocycles. The van der Waals surface area contributed by atoms with Crippen LogP contribution < -0.4 is 4.74 Å². The van der Waals surface area contributed by atoms with Crippen molar-refractivity contribution in [2.24, 2.45) is 0 Å². The second-order valence-corrected chi connectivity index (χ2v) is 4.39. The number of ether oxygens (including phenoxy) is 1. The molecule has 0 spiro atoms. The first kappa shape index (κ1) is 12.0. The van der Waals surface area contributed by atoms with Gasteiger partial charge in [-0.25, -0.2) is 0 Å². The van der Waals surface area contributed by atoms with Gasteiger partial charge < -0.3 is 9.64 Å². The molecule has 1 aliphatic rings. The van der Waals surface area contributed by atoms with Crippen molar-refractivity contribution >= 4 is 5.91 Å². The topological polar surface area (TPSA) is 29.5 Å². The van der Waals surface area contributed by atoms with E-state index in [-0.39, 0.29) is 12.0 Å². The average Bonchev–Trinajstić information content (AvgIpc) is 2.39. The molecule has 0 radical (unpaired) electrons. The van der Waals surface area contributed by atoms with Gasteiger partial charge in [0.1, 0.15) is 11.9 Å². The number of nitrogens with zero attached hydrogens (tertiary/aromatic N) is 1. The van der Waals surface area contributed by atoms with Crippen molar-refractivity contribution in [1.29, 1.82) is 0 Å². The van der Waals surface area contributed by atoms with E-state index in [1.54, 1.807) is 0 Å². The zero-order valence-electron chi connectivity index (χ0n) is 10.3. The van der Waals surface area contributed by atoms with Gasteiger partial charge in [-0.1, -0.05) is 25.1 Å². The van der Waals surface area contributed by atoms with Gasteiger partial charge in [0, 0.05) is 13.0 Å². The summed E-state index contributed by atoms with van der Waals surface area (Å²) in [5.74, 6) is 1.12. The molecule has 2 rings (SSSR count). The van der Waals surface area contributed by atoms with E-state index in [1.807, 2.05) is 42.2 Å². The number of carbonyl (C=O) groups is 1. The van der Waals surface area contributed by atoms with E-state index in [0.717, 1.165) is 31.7 Å². The summed E-state index contributed by atoms with van der Waals surface area (Å²) in [4.78, 5) is 13.5. The average molecular weight is 233 g/mol. The Morgan fingerprint density at radius 2 is 2.18 bits per heavy atom. The molecule has 1 heterocycles. The van der Waals surface area contributed by atoms with Crippen molar-refractivity contribution in [2.75, 3.05) is 13.1 Å². The Bertz CT molecular complexity index is 364. The molecular weight excluding hydrogens is 214 g/mol. The fourth-order valence-corrected chi connectivity index (χ4v) is 2.18. The zero-order valence-corrected chi connectivity index (χ0v) is 10.3. The van der Waals surface area contributed by atoms with Crippen LogP contribution in [0.3, 0.4) is 0 Å². The third-order valence-electron chi connectivity index (χ3n) is 3.08. The van der Waals surface area contributed by atoms with Gasteiger partial charge in [0.25, 0.3) is 0 Å². The first-order chi connectivity index (χ1) is 8.29. The predicted octanol–water partition coefficient (Wildman–Crippen LogP) is 2.47. The molecule has 1 aromatic carbocycles. The molecule has 0 bridgehead atoms. The minimum Gasteiger partial charge on any atom is -0.489 e.